The highest BCUT2D eigenvalue weighted by Gasteiger charge is 2.51. The number of aromatic amines is 1. The van der Waals surface area contributed by atoms with Gasteiger partial charge in [0.05, 0.1) is 11.9 Å². The summed E-state index contributed by atoms with van der Waals surface area (Å²) in [5, 5.41) is 1.28. The van der Waals surface area contributed by atoms with Crippen LogP contribution in [0.5, 0.6) is 0 Å². The summed E-state index contributed by atoms with van der Waals surface area (Å²) in [5.74, 6) is 0.425. The molecule has 3 rings (SSSR count). The second-order valence-electron chi connectivity index (χ2n) is 5.80. The van der Waals surface area contributed by atoms with Gasteiger partial charge in [0.1, 0.15) is 0 Å². The van der Waals surface area contributed by atoms with Crippen molar-refractivity contribution in [2.24, 2.45) is 0 Å². The lowest BCUT2D eigenvalue weighted by atomic mass is 10.1. The maximum atomic E-state index is 13.9. The Balaban J connectivity index is 0.00000300. The van der Waals surface area contributed by atoms with Gasteiger partial charge in [0.15, 0.2) is 5.16 Å². The maximum Gasteiger partial charge on any atom is 0.399 e. The third kappa shape index (κ3) is 5.48. The predicted molar refractivity (Wildman–Crippen MR) is 115 cm³/mol. The van der Waals surface area contributed by atoms with Gasteiger partial charge in [0, 0.05) is 20.8 Å². The fraction of sp³-hybridized carbons (Fsp3) is 0.167. The third-order valence-corrected chi connectivity index (χ3v) is 6.65. The Morgan fingerprint density at radius 2 is 1.86 bits per heavy atom. The van der Waals surface area contributed by atoms with E-state index in [0.29, 0.717) is 21.5 Å². The quantitative estimate of drug-likeness (QED) is 0.248. The lowest BCUT2D eigenvalue weighted by Crippen LogP contribution is -2.14. The van der Waals surface area contributed by atoms with Crippen LogP contribution in [0.1, 0.15) is 18.6 Å². The zero-order valence-corrected chi connectivity index (χ0v) is 18.0. The van der Waals surface area contributed by atoms with E-state index in [0.717, 1.165) is 17.3 Å². The number of nitrogens with zero attached hydrogens (tertiary/aromatic N) is 1. The number of alkyl halides is 2. The van der Waals surface area contributed by atoms with Crippen LogP contribution in [-0.2, 0) is 16.0 Å². The first-order valence-electron chi connectivity index (χ1n) is 7.74. The lowest BCUT2D eigenvalue weighted by Gasteiger charge is -2.19. The molecule has 3 N–H and O–H groups in total. The smallest absolute Gasteiger partial charge is 0.333 e. The van der Waals surface area contributed by atoms with Crippen molar-refractivity contribution in [3.63, 3.8) is 0 Å². The minimum Gasteiger partial charge on any atom is -0.333 e. The van der Waals surface area contributed by atoms with Gasteiger partial charge in [-0.3, -0.25) is 4.57 Å². The minimum absolute atomic E-state index is 0. The largest absolute Gasteiger partial charge is 0.399 e. The molecule has 1 heterocycles. The summed E-state index contributed by atoms with van der Waals surface area (Å²) in [7, 11) is -5.62. The summed E-state index contributed by atoms with van der Waals surface area (Å²) in [6.45, 7) is 0. The molecule has 0 aliphatic carbocycles. The Bertz CT molecular complexity index is 1040. The van der Waals surface area contributed by atoms with E-state index >= 15 is 0 Å². The monoisotopic (exact) mass is 524 g/mol. The van der Waals surface area contributed by atoms with Crippen molar-refractivity contribution in [2.45, 2.75) is 24.0 Å². The number of halogens is 4. The molecule has 0 aliphatic rings. The highest BCUT2D eigenvalue weighted by Crippen LogP contribution is 2.60. The van der Waals surface area contributed by atoms with E-state index in [1.165, 1.54) is 23.9 Å². The Kier molecular flexibility index (Phi) is 7.70. The van der Waals surface area contributed by atoms with Crippen LogP contribution in [0.25, 0.3) is 11.3 Å². The molecular formula is C18H17BrClF2N2O3PS. The first kappa shape index (κ1) is 24.1. The summed E-state index contributed by atoms with van der Waals surface area (Å²) in [6.07, 6.45) is 1.69. The van der Waals surface area contributed by atoms with Crippen LogP contribution < -0.4 is 0 Å². The van der Waals surface area contributed by atoms with E-state index in [1.54, 1.807) is 18.3 Å². The van der Waals surface area contributed by atoms with Crippen molar-refractivity contribution < 1.29 is 23.1 Å². The number of rotatable bonds is 6. The molecule has 1 aromatic heterocycles. The first-order valence-corrected chi connectivity index (χ1v) is 11.5. The lowest BCUT2D eigenvalue weighted by molar-refractivity contribution is 0.0557. The topological polar surface area (TPSA) is 86.2 Å². The summed E-state index contributed by atoms with van der Waals surface area (Å²) < 4.78 is 38.7. The number of H-pyrrole nitrogens is 1. The van der Waals surface area contributed by atoms with Crippen molar-refractivity contribution in [1.29, 1.82) is 0 Å². The second-order valence-corrected chi connectivity index (χ2v) is 9.70. The molecule has 0 bridgehead atoms. The number of aromatic nitrogens is 2. The molecule has 0 unspecified atom stereocenters. The van der Waals surface area contributed by atoms with E-state index in [-0.39, 0.29) is 11.9 Å². The zero-order valence-electron chi connectivity index (χ0n) is 13.9. The fourth-order valence-corrected chi connectivity index (χ4v) is 4.61. The third-order valence-electron chi connectivity index (χ3n) is 3.81. The van der Waals surface area contributed by atoms with Crippen molar-refractivity contribution in [3.8, 4) is 11.3 Å². The minimum atomic E-state index is -5.62. The molecule has 156 valence electrons. The molecule has 29 heavy (non-hydrogen) atoms. The molecule has 0 fully saturated rings. The van der Waals surface area contributed by atoms with Crippen LogP contribution in [0, 0.1) is 0 Å². The second kappa shape index (κ2) is 9.29. The standard InChI is InChI=1S/C17H13BrClF2N2O3PS.CH4/c18-14-7-10(1-6-13(14)17(20,21)27(24,25)26)9-28-16-22-8-15(23-16)11-2-4-12(19)5-3-11;/h1-8H,9H2,(H,22,23)(H2,24,25,26);1H4. The van der Waals surface area contributed by atoms with Gasteiger partial charge in [-0.1, -0.05) is 71.0 Å². The Labute approximate surface area is 184 Å². The van der Waals surface area contributed by atoms with Crippen LogP contribution in [0.2, 0.25) is 5.02 Å². The molecule has 2 aromatic carbocycles. The number of nitrogens with one attached hydrogen (secondary N) is 1. The average Bonchev–Trinajstić information content (AvgIpc) is 3.08. The zero-order chi connectivity index (χ0) is 20.5. The van der Waals surface area contributed by atoms with Gasteiger partial charge in [-0.2, -0.15) is 8.78 Å². The first-order chi connectivity index (χ1) is 13.1. The number of imidazole rings is 1. The molecule has 0 atom stereocenters. The SMILES string of the molecule is C.O=P(O)(O)C(F)(F)c1ccc(CSc2ncc(-c3ccc(Cl)cc3)[nH]2)cc1Br. The van der Waals surface area contributed by atoms with E-state index in [2.05, 4.69) is 25.9 Å². The molecule has 0 saturated carbocycles. The number of hydrogen-bond acceptors (Lipinski definition) is 3. The summed E-state index contributed by atoms with van der Waals surface area (Å²) in [6, 6.07) is 11.1. The summed E-state index contributed by atoms with van der Waals surface area (Å²) >= 11 is 10.2. The molecular weight excluding hydrogens is 509 g/mol. The highest BCUT2D eigenvalue weighted by molar-refractivity contribution is 9.10. The average molecular weight is 526 g/mol. The van der Waals surface area contributed by atoms with Crippen LogP contribution >= 0.6 is 46.9 Å². The van der Waals surface area contributed by atoms with Gasteiger partial charge in [-0.25, -0.2) is 4.98 Å². The molecule has 0 spiro atoms. The van der Waals surface area contributed by atoms with Crippen molar-refractivity contribution in [3.05, 3.63) is 69.3 Å². The fourth-order valence-electron chi connectivity index (χ4n) is 2.35. The van der Waals surface area contributed by atoms with Crippen LogP contribution in [-0.4, -0.2) is 19.8 Å². The van der Waals surface area contributed by atoms with Crippen molar-refractivity contribution >= 4 is 46.9 Å². The highest BCUT2D eigenvalue weighted by atomic mass is 79.9. The molecule has 11 heteroatoms. The molecule has 5 nitrogen and oxygen atoms in total. The van der Waals surface area contributed by atoms with Gasteiger partial charge in [0.25, 0.3) is 0 Å². The van der Waals surface area contributed by atoms with E-state index in [9.17, 15) is 13.3 Å². The van der Waals surface area contributed by atoms with Gasteiger partial charge in [0.2, 0.25) is 0 Å². The van der Waals surface area contributed by atoms with Gasteiger partial charge >= 0.3 is 13.3 Å². The summed E-state index contributed by atoms with van der Waals surface area (Å²) in [4.78, 5) is 25.2. The maximum absolute atomic E-state index is 13.9. The van der Waals surface area contributed by atoms with Crippen molar-refractivity contribution in [1.82, 2.24) is 9.97 Å². The van der Waals surface area contributed by atoms with Gasteiger partial charge in [-0.15, -0.1) is 0 Å². The number of thioether (sulfide) groups is 1. The van der Waals surface area contributed by atoms with Crippen molar-refractivity contribution in [2.75, 3.05) is 0 Å². The van der Waals surface area contributed by atoms with Crippen LogP contribution in [0.15, 0.2) is 58.3 Å². The number of hydrogen-bond donors (Lipinski definition) is 3. The molecule has 0 saturated heterocycles. The molecule has 0 amide bonds. The molecule has 0 radical (unpaired) electrons. The Morgan fingerprint density at radius 3 is 2.45 bits per heavy atom. The normalized spacial score (nSPS) is 11.9. The summed E-state index contributed by atoms with van der Waals surface area (Å²) in [5.41, 5.74) is -2.58. The Hall–Kier alpha value is -1.22. The van der Waals surface area contributed by atoms with Crippen LogP contribution in [0.3, 0.4) is 0 Å². The van der Waals surface area contributed by atoms with E-state index in [4.69, 9.17) is 21.4 Å². The van der Waals surface area contributed by atoms with Gasteiger partial charge in [-0.05, 0) is 29.3 Å². The Morgan fingerprint density at radius 1 is 1.21 bits per heavy atom. The predicted octanol–water partition coefficient (Wildman–Crippen LogP) is 6.65. The molecule has 3 aromatic rings. The molecule has 0 aliphatic heterocycles. The van der Waals surface area contributed by atoms with Crippen LogP contribution in [0.4, 0.5) is 8.78 Å². The van der Waals surface area contributed by atoms with E-state index < -0.39 is 18.8 Å². The van der Waals surface area contributed by atoms with E-state index in [1.807, 2.05) is 12.1 Å². The van der Waals surface area contributed by atoms with Gasteiger partial charge < -0.3 is 14.8 Å². The number of benzene rings is 2.